The van der Waals surface area contributed by atoms with Crippen LogP contribution in [0, 0.1) is 23.0 Å². The van der Waals surface area contributed by atoms with Crippen molar-refractivity contribution in [1.82, 2.24) is 38.7 Å². The second kappa shape index (κ2) is 9.52. The van der Waals surface area contributed by atoms with Crippen molar-refractivity contribution in [2.75, 3.05) is 5.32 Å². The molecule has 3 aromatic heterocycles. The average molecular weight is 539 g/mol. The number of fused-ring (bicyclic) bond motifs is 1. The summed E-state index contributed by atoms with van der Waals surface area (Å²) in [4.78, 5) is 34.5. The summed E-state index contributed by atoms with van der Waals surface area (Å²) in [5.74, 6) is -2.59. The van der Waals surface area contributed by atoms with Crippen LogP contribution in [-0.4, -0.2) is 38.7 Å². The molecule has 15 heteroatoms. The van der Waals surface area contributed by atoms with Gasteiger partial charge in [-0.3, -0.25) is 13.9 Å². The Morgan fingerprint density at radius 2 is 1.84 bits per heavy atom. The molecule has 0 saturated carbocycles. The van der Waals surface area contributed by atoms with Crippen LogP contribution in [0.2, 0.25) is 5.02 Å². The molecule has 0 unspecified atom stereocenters. The molecule has 0 saturated heterocycles. The Morgan fingerprint density at radius 1 is 1.05 bits per heavy atom. The molecule has 0 fully saturated rings. The summed E-state index contributed by atoms with van der Waals surface area (Å²) in [5, 5.41) is 21.4. The predicted octanol–water partition coefficient (Wildman–Crippen LogP) is 2.06. The molecule has 2 aromatic carbocycles. The highest BCUT2D eigenvalue weighted by molar-refractivity contribution is 6.34. The number of aryl methyl sites for hydroxylation is 2. The Morgan fingerprint density at radius 3 is 2.55 bits per heavy atom. The molecule has 0 aliphatic rings. The number of benzene rings is 2. The average Bonchev–Trinajstić information content (AvgIpc) is 3.44. The van der Waals surface area contributed by atoms with Crippen LogP contribution in [0.3, 0.4) is 0 Å². The minimum absolute atomic E-state index is 0.0855. The lowest BCUT2D eigenvalue weighted by atomic mass is 10.1. The number of hydrogen-bond donors (Lipinski definition) is 1. The zero-order chi connectivity index (χ0) is 27.1. The molecule has 5 aromatic rings. The van der Waals surface area contributed by atoms with Crippen LogP contribution < -0.4 is 16.7 Å². The summed E-state index contributed by atoms with van der Waals surface area (Å²) < 4.78 is 33.0. The highest BCUT2D eigenvalue weighted by atomic mass is 35.5. The van der Waals surface area contributed by atoms with Crippen LogP contribution in [0.15, 0.2) is 46.4 Å². The summed E-state index contributed by atoms with van der Waals surface area (Å²) >= 11 is 6.42. The molecule has 0 amide bonds. The minimum Gasteiger partial charge on any atom is -0.324 e. The maximum atomic E-state index is 14.2. The SMILES string of the molecule is Cn1cnc(Cn2c(=O)nc(Nc3cc4cn(C)nc4cc3Cl)n(Cc3cc(F)c(F)c(C#N)c3)c2=O)n1. The lowest BCUT2D eigenvalue weighted by Crippen LogP contribution is -2.43. The van der Waals surface area contributed by atoms with Crippen molar-refractivity contribution in [3.05, 3.63) is 91.4 Å². The molecule has 0 aliphatic heterocycles. The van der Waals surface area contributed by atoms with Gasteiger partial charge in [0.15, 0.2) is 17.5 Å². The smallest absolute Gasteiger partial charge is 0.324 e. The summed E-state index contributed by atoms with van der Waals surface area (Å²) in [6, 6.07) is 6.81. The largest absolute Gasteiger partial charge is 0.355 e. The second-order valence-electron chi connectivity index (χ2n) is 8.38. The first-order chi connectivity index (χ1) is 18.1. The highest BCUT2D eigenvalue weighted by Gasteiger charge is 2.19. The van der Waals surface area contributed by atoms with E-state index < -0.39 is 28.6 Å². The van der Waals surface area contributed by atoms with Crippen LogP contribution >= 0.6 is 11.6 Å². The number of aromatic nitrogens is 8. The first-order valence-corrected chi connectivity index (χ1v) is 11.3. The zero-order valence-electron chi connectivity index (χ0n) is 19.9. The lowest BCUT2D eigenvalue weighted by molar-refractivity contribution is 0.503. The standard InChI is InChI=1S/C23H17ClF2N10O2/c1-33-9-14-5-18(15(24)6-17(14)31-33)29-21-30-22(37)36(10-19-28-11-34(2)32-19)23(38)35(21)8-12-3-13(7-27)20(26)16(25)4-12/h3-6,9,11H,8,10H2,1-2H3,(H,29,30,37). The van der Waals surface area contributed by atoms with Gasteiger partial charge in [-0.2, -0.15) is 20.4 Å². The fourth-order valence-electron chi connectivity index (χ4n) is 3.89. The van der Waals surface area contributed by atoms with Crippen LogP contribution in [0.5, 0.6) is 0 Å². The third-order valence-corrected chi connectivity index (χ3v) is 5.91. The van der Waals surface area contributed by atoms with E-state index in [1.807, 2.05) is 0 Å². The number of nitrogens with zero attached hydrogens (tertiary/aromatic N) is 9. The predicted molar refractivity (Wildman–Crippen MR) is 132 cm³/mol. The fourth-order valence-corrected chi connectivity index (χ4v) is 4.09. The summed E-state index contributed by atoms with van der Waals surface area (Å²) in [7, 11) is 3.37. The molecular formula is C23H17ClF2N10O2. The number of rotatable bonds is 6. The third-order valence-electron chi connectivity index (χ3n) is 5.60. The first kappa shape index (κ1) is 24.8. The van der Waals surface area contributed by atoms with Gasteiger partial charge < -0.3 is 5.32 Å². The Labute approximate surface area is 217 Å². The number of anilines is 2. The molecule has 12 nitrogen and oxygen atoms in total. The highest BCUT2D eigenvalue weighted by Crippen LogP contribution is 2.29. The molecule has 0 radical (unpaired) electrons. The van der Waals surface area contributed by atoms with Crippen LogP contribution in [0.4, 0.5) is 20.4 Å². The van der Waals surface area contributed by atoms with Crippen molar-refractivity contribution in [3.63, 3.8) is 0 Å². The number of nitrogens with one attached hydrogen (secondary N) is 1. The molecule has 38 heavy (non-hydrogen) atoms. The van der Waals surface area contributed by atoms with Crippen molar-refractivity contribution < 1.29 is 8.78 Å². The molecule has 0 atom stereocenters. The Bertz CT molecular complexity index is 1880. The van der Waals surface area contributed by atoms with Gasteiger partial charge in [0.05, 0.1) is 34.9 Å². The first-order valence-electron chi connectivity index (χ1n) is 11.0. The van der Waals surface area contributed by atoms with E-state index in [9.17, 15) is 23.6 Å². The van der Waals surface area contributed by atoms with Gasteiger partial charge in [0.1, 0.15) is 12.4 Å². The van der Waals surface area contributed by atoms with Crippen molar-refractivity contribution in [3.8, 4) is 6.07 Å². The molecule has 3 heterocycles. The van der Waals surface area contributed by atoms with E-state index in [2.05, 4.69) is 25.5 Å². The van der Waals surface area contributed by atoms with Crippen LogP contribution in [0.1, 0.15) is 17.0 Å². The number of hydrogen-bond acceptors (Lipinski definition) is 8. The van der Waals surface area contributed by atoms with E-state index in [0.717, 1.165) is 26.7 Å². The van der Waals surface area contributed by atoms with E-state index >= 15 is 0 Å². The van der Waals surface area contributed by atoms with Crippen molar-refractivity contribution >= 4 is 34.1 Å². The van der Waals surface area contributed by atoms with Crippen molar-refractivity contribution in [2.45, 2.75) is 13.1 Å². The zero-order valence-corrected chi connectivity index (χ0v) is 20.6. The minimum atomic E-state index is -1.30. The quantitative estimate of drug-likeness (QED) is 0.346. The van der Waals surface area contributed by atoms with E-state index in [1.165, 1.54) is 11.0 Å². The second-order valence-corrected chi connectivity index (χ2v) is 8.78. The van der Waals surface area contributed by atoms with Gasteiger partial charge in [-0.1, -0.05) is 11.6 Å². The Hall–Kier alpha value is -4.90. The van der Waals surface area contributed by atoms with Gasteiger partial charge in [0.25, 0.3) is 0 Å². The topological polar surface area (TPSA) is 141 Å². The van der Waals surface area contributed by atoms with E-state index in [-0.39, 0.29) is 35.4 Å². The van der Waals surface area contributed by atoms with Crippen LogP contribution in [0.25, 0.3) is 10.9 Å². The summed E-state index contributed by atoms with van der Waals surface area (Å²) in [5.41, 5.74) is -1.24. The molecule has 0 aliphatic carbocycles. The Kier molecular flexibility index (Phi) is 6.21. The molecule has 192 valence electrons. The maximum absolute atomic E-state index is 14.2. The monoisotopic (exact) mass is 538 g/mol. The molecule has 5 rings (SSSR count). The van der Waals surface area contributed by atoms with Gasteiger partial charge >= 0.3 is 11.4 Å². The van der Waals surface area contributed by atoms with E-state index in [1.54, 1.807) is 43.2 Å². The summed E-state index contributed by atoms with van der Waals surface area (Å²) in [6.07, 6.45) is 3.16. The molecular weight excluding hydrogens is 522 g/mol. The van der Waals surface area contributed by atoms with Gasteiger partial charge in [-0.25, -0.2) is 27.9 Å². The van der Waals surface area contributed by atoms with Gasteiger partial charge in [-0.05, 0) is 29.8 Å². The maximum Gasteiger partial charge on any atom is 0.355 e. The van der Waals surface area contributed by atoms with Gasteiger partial charge in [0.2, 0.25) is 5.95 Å². The van der Waals surface area contributed by atoms with Crippen LogP contribution in [-0.2, 0) is 27.2 Å². The summed E-state index contributed by atoms with van der Waals surface area (Å²) in [6.45, 7) is -0.641. The number of halogens is 3. The molecule has 0 bridgehead atoms. The number of nitriles is 1. The molecule has 0 spiro atoms. The van der Waals surface area contributed by atoms with E-state index in [0.29, 0.717) is 11.2 Å². The van der Waals surface area contributed by atoms with Gasteiger partial charge in [0, 0.05) is 25.7 Å². The fraction of sp³-hybridized carbons (Fsp3) is 0.174. The lowest BCUT2D eigenvalue weighted by Gasteiger charge is -2.16. The van der Waals surface area contributed by atoms with Crippen molar-refractivity contribution in [1.29, 1.82) is 5.26 Å². The van der Waals surface area contributed by atoms with Crippen molar-refractivity contribution in [2.24, 2.45) is 14.1 Å². The third kappa shape index (κ3) is 4.62. The Balaban J connectivity index is 1.65. The van der Waals surface area contributed by atoms with Gasteiger partial charge in [-0.15, -0.1) is 0 Å². The van der Waals surface area contributed by atoms with E-state index in [4.69, 9.17) is 11.6 Å². The normalized spacial score (nSPS) is 11.2. The molecule has 1 N–H and O–H groups in total.